The van der Waals surface area contributed by atoms with E-state index in [9.17, 15) is 20.2 Å². The maximum Gasteiger partial charge on any atom is 0.342 e. The van der Waals surface area contributed by atoms with Crippen molar-refractivity contribution in [3.63, 3.8) is 0 Å². The van der Waals surface area contributed by atoms with E-state index < -0.39 is 16.6 Å². The van der Waals surface area contributed by atoms with Crippen molar-refractivity contribution >= 4 is 23.7 Å². The summed E-state index contributed by atoms with van der Waals surface area (Å²) in [7, 11) is 0. The van der Waals surface area contributed by atoms with Gasteiger partial charge in [-0.3, -0.25) is 15.2 Å². The summed E-state index contributed by atoms with van der Waals surface area (Å²) in [5.41, 5.74) is -0.459. The van der Waals surface area contributed by atoms with Gasteiger partial charge in [-0.05, 0) is 24.8 Å². The van der Waals surface area contributed by atoms with Crippen molar-refractivity contribution in [3.05, 3.63) is 27.8 Å². The molecule has 1 aliphatic rings. The first-order valence-electron chi connectivity index (χ1n) is 10.8. The number of carbonyl (C=O) groups is 1. The number of rotatable bonds is 14. The summed E-state index contributed by atoms with van der Waals surface area (Å²) in [4.78, 5) is 23.9. The lowest BCUT2D eigenvalue weighted by Crippen LogP contribution is -2.14. The van der Waals surface area contributed by atoms with Gasteiger partial charge in [-0.2, -0.15) is 4.33 Å². The average Bonchev–Trinajstić information content (AvgIpc) is 2.78. The van der Waals surface area contributed by atoms with Gasteiger partial charge in [0.15, 0.2) is 0 Å². The maximum absolute atomic E-state index is 12.8. The van der Waals surface area contributed by atoms with Crippen LogP contribution in [-0.4, -0.2) is 24.1 Å². The number of hydrogen-bond acceptors (Lipinski definition) is 9. The van der Waals surface area contributed by atoms with Gasteiger partial charge in [-0.15, -0.1) is 0 Å². The van der Waals surface area contributed by atoms with Gasteiger partial charge in [0.25, 0.3) is 0 Å². The summed E-state index contributed by atoms with van der Waals surface area (Å²) in [6.07, 6.45) is 10.4. The van der Waals surface area contributed by atoms with Crippen LogP contribution in [-0.2, 0) is 14.1 Å². The highest BCUT2D eigenvalue weighted by atomic mass is 32.2. The molecule has 1 fully saturated rings. The molecule has 1 aromatic rings. The maximum atomic E-state index is 12.8. The van der Waals surface area contributed by atoms with Crippen molar-refractivity contribution in [3.8, 4) is 5.75 Å². The molecule has 0 amide bonds. The number of unbranched alkanes of at least 4 members (excludes halogenated alkanes) is 3. The van der Waals surface area contributed by atoms with Crippen LogP contribution in [0.15, 0.2) is 17.0 Å². The van der Waals surface area contributed by atoms with E-state index in [1.165, 1.54) is 31.4 Å². The number of benzene rings is 1. The van der Waals surface area contributed by atoms with Gasteiger partial charge in [0.1, 0.15) is 5.56 Å². The second-order valence-electron chi connectivity index (χ2n) is 7.63. The summed E-state index contributed by atoms with van der Waals surface area (Å²) >= 11 is 0.471. The smallest absolute Gasteiger partial charge is 0.342 e. The third kappa shape index (κ3) is 8.64. The fourth-order valence-electron chi connectivity index (χ4n) is 3.70. The highest BCUT2D eigenvalue weighted by Gasteiger charge is 2.27. The van der Waals surface area contributed by atoms with Gasteiger partial charge in [0.05, 0.1) is 30.2 Å². The van der Waals surface area contributed by atoms with Gasteiger partial charge in [0, 0.05) is 11.0 Å². The first kappa shape index (κ1) is 25.4. The molecule has 0 saturated heterocycles. The Morgan fingerprint density at radius 3 is 2.61 bits per heavy atom. The minimum atomic E-state index is -0.701. The molecular formula is C21H30NO8S-. The van der Waals surface area contributed by atoms with Crippen LogP contribution < -0.4 is 9.99 Å². The van der Waals surface area contributed by atoms with Gasteiger partial charge < -0.3 is 14.7 Å². The standard InChI is InChI=1S/C21H31NO8S/c1-2-3-4-8-12-27-20-18(14-17(31-30-29-26)15-19(20)22(24)25)21(23)28-13-11-16-9-6-5-7-10-16/h14-16,26H,2-13H2,1H3/p-1. The summed E-state index contributed by atoms with van der Waals surface area (Å²) in [6, 6.07) is 2.52. The van der Waals surface area contributed by atoms with Crippen LogP contribution in [0.25, 0.3) is 0 Å². The van der Waals surface area contributed by atoms with E-state index in [2.05, 4.69) is 16.3 Å². The Labute approximate surface area is 186 Å². The molecule has 0 atom stereocenters. The van der Waals surface area contributed by atoms with E-state index in [-0.39, 0.29) is 29.4 Å². The van der Waals surface area contributed by atoms with Crippen molar-refractivity contribution in [2.75, 3.05) is 13.2 Å². The normalized spacial score (nSPS) is 14.4. The SMILES string of the molecule is CCCCCCOc1c(C(=O)OCCC2CCCCC2)cc(SOO[O-])cc1[N+](=O)[O-]. The van der Waals surface area contributed by atoms with Crippen molar-refractivity contribution < 1.29 is 33.8 Å². The molecule has 31 heavy (non-hydrogen) atoms. The van der Waals surface area contributed by atoms with Crippen LogP contribution in [0.2, 0.25) is 0 Å². The summed E-state index contributed by atoms with van der Waals surface area (Å²) in [6.45, 7) is 2.57. The molecule has 9 nitrogen and oxygen atoms in total. The fraction of sp³-hybridized carbons (Fsp3) is 0.667. The number of nitro groups is 1. The Balaban J connectivity index is 2.14. The van der Waals surface area contributed by atoms with E-state index in [1.807, 2.05) is 0 Å². The van der Waals surface area contributed by atoms with Crippen molar-refractivity contribution in [2.45, 2.75) is 76.0 Å². The zero-order chi connectivity index (χ0) is 22.5. The van der Waals surface area contributed by atoms with E-state index in [1.54, 1.807) is 0 Å². The van der Waals surface area contributed by atoms with Crippen LogP contribution in [0.5, 0.6) is 5.75 Å². The molecule has 0 N–H and O–H groups in total. The molecule has 0 unspecified atom stereocenters. The highest BCUT2D eigenvalue weighted by Crippen LogP contribution is 2.37. The third-order valence-corrected chi connectivity index (χ3v) is 5.90. The second-order valence-corrected chi connectivity index (χ2v) is 8.41. The van der Waals surface area contributed by atoms with Crippen LogP contribution in [0.1, 0.15) is 81.5 Å². The molecule has 0 spiro atoms. The van der Waals surface area contributed by atoms with Crippen LogP contribution in [0.4, 0.5) is 5.69 Å². The van der Waals surface area contributed by atoms with Crippen molar-refractivity contribution in [2.24, 2.45) is 5.92 Å². The topological polar surface area (TPSA) is 120 Å². The molecule has 0 bridgehead atoms. The zero-order valence-corrected chi connectivity index (χ0v) is 18.7. The Bertz CT molecular complexity index is 709. The van der Waals surface area contributed by atoms with Gasteiger partial charge >= 0.3 is 11.7 Å². The molecule has 174 valence electrons. The second kappa shape index (κ2) is 14.2. The van der Waals surface area contributed by atoms with Crippen LogP contribution in [0, 0.1) is 16.0 Å². The number of nitrogens with zero attached hydrogens (tertiary/aromatic N) is 1. The lowest BCUT2D eigenvalue weighted by atomic mass is 9.87. The van der Waals surface area contributed by atoms with E-state index >= 15 is 0 Å². The molecule has 2 rings (SSSR count). The number of esters is 1. The first-order valence-corrected chi connectivity index (χ1v) is 11.6. The van der Waals surface area contributed by atoms with Crippen LogP contribution in [0.3, 0.4) is 0 Å². The third-order valence-electron chi connectivity index (χ3n) is 5.35. The molecule has 0 radical (unpaired) electrons. The molecule has 0 aromatic heterocycles. The predicted molar refractivity (Wildman–Crippen MR) is 112 cm³/mol. The van der Waals surface area contributed by atoms with Crippen molar-refractivity contribution in [1.82, 2.24) is 0 Å². The number of ether oxygens (including phenoxy) is 2. The van der Waals surface area contributed by atoms with E-state index in [0.717, 1.165) is 38.5 Å². The van der Waals surface area contributed by atoms with Gasteiger partial charge in [-0.25, -0.2) is 4.79 Å². The lowest BCUT2D eigenvalue weighted by Gasteiger charge is -2.21. The fourth-order valence-corrected chi connectivity index (χ4v) is 4.13. The van der Waals surface area contributed by atoms with E-state index in [4.69, 9.17) is 9.47 Å². The highest BCUT2D eigenvalue weighted by molar-refractivity contribution is 7.94. The summed E-state index contributed by atoms with van der Waals surface area (Å²) in [5.74, 6) is -0.292. The van der Waals surface area contributed by atoms with Gasteiger partial charge in [-0.1, -0.05) is 58.3 Å². The van der Waals surface area contributed by atoms with Crippen molar-refractivity contribution in [1.29, 1.82) is 0 Å². The van der Waals surface area contributed by atoms with Gasteiger partial charge in [0.2, 0.25) is 5.75 Å². The molecule has 0 heterocycles. The Hall–Kier alpha value is -1.88. The molecule has 1 aromatic carbocycles. The Kier molecular flexibility index (Phi) is 11.7. The predicted octanol–water partition coefficient (Wildman–Crippen LogP) is 4.91. The molecule has 1 aliphatic carbocycles. The molecule has 1 saturated carbocycles. The summed E-state index contributed by atoms with van der Waals surface area (Å²) < 4.78 is 15.4. The lowest BCUT2D eigenvalue weighted by molar-refractivity contribution is -0.777. The first-order chi connectivity index (χ1) is 15.1. The quantitative estimate of drug-likeness (QED) is 0.0959. The number of hydrogen-bond donors (Lipinski definition) is 0. The molecule has 10 heteroatoms. The minimum absolute atomic E-state index is 0.0645. The zero-order valence-electron chi connectivity index (χ0n) is 17.8. The number of nitro benzene ring substituents is 1. The minimum Gasteiger partial charge on any atom is -0.691 e. The van der Waals surface area contributed by atoms with E-state index in [0.29, 0.717) is 24.4 Å². The Morgan fingerprint density at radius 1 is 1.16 bits per heavy atom. The molecular weight excluding hydrogens is 426 g/mol. The Morgan fingerprint density at radius 2 is 1.94 bits per heavy atom. The monoisotopic (exact) mass is 456 g/mol. The molecule has 0 aliphatic heterocycles. The van der Waals surface area contributed by atoms with Crippen LogP contribution >= 0.6 is 12.0 Å². The summed E-state index contributed by atoms with van der Waals surface area (Å²) in [5, 5.41) is 25.0. The average molecular weight is 457 g/mol. The largest absolute Gasteiger partial charge is 0.691 e. The number of carbonyl (C=O) groups excluding carboxylic acids is 1.